The zero-order valence-electron chi connectivity index (χ0n) is 16.3. The van der Waals surface area contributed by atoms with E-state index < -0.39 is 0 Å². The Morgan fingerprint density at radius 3 is 2.70 bits per heavy atom. The second-order valence-corrected chi connectivity index (χ2v) is 7.96. The van der Waals surface area contributed by atoms with Gasteiger partial charge in [-0.1, -0.05) is 36.0 Å². The highest BCUT2D eigenvalue weighted by molar-refractivity contribution is 8.00. The van der Waals surface area contributed by atoms with E-state index in [0.717, 1.165) is 19.3 Å². The van der Waals surface area contributed by atoms with Crippen molar-refractivity contribution >= 4 is 23.5 Å². The number of ketones is 1. The number of hydrogen-bond acceptors (Lipinski definition) is 5. The fourth-order valence-electron chi connectivity index (χ4n) is 3.73. The highest BCUT2D eigenvalue weighted by Gasteiger charge is 2.27. The number of carbonyl (C=O) groups excluding carboxylic acids is 2. The van der Waals surface area contributed by atoms with Gasteiger partial charge in [-0.15, -0.1) is 0 Å². The van der Waals surface area contributed by atoms with Crippen molar-refractivity contribution in [1.29, 1.82) is 0 Å². The summed E-state index contributed by atoms with van der Waals surface area (Å²) in [4.78, 5) is 35.3. The lowest BCUT2D eigenvalue weighted by Gasteiger charge is -2.33. The first kappa shape index (κ1) is 19.5. The van der Waals surface area contributed by atoms with Gasteiger partial charge >= 0.3 is 0 Å². The molecule has 0 N–H and O–H groups in total. The fourth-order valence-corrected chi connectivity index (χ4v) is 4.82. The largest absolute Gasteiger partial charge is 0.338 e. The van der Waals surface area contributed by atoms with Crippen LogP contribution < -0.4 is 0 Å². The molecule has 1 heterocycles. The minimum Gasteiger partial charge on any atom is -0.338 e. The number of aromatic nitrogens is 2. The maximum Gasteiger partial charge on any atom is 0.233 e. The number of Topliss-reactive ketones (excluding diaryl/α,β-unsaturated/α-hetero) is 1. The van der Waals surface area contributed by atoms with Crippen molar-refractivity contribution < 1.29 is 9.59 Å². The highest BCUT2D eigenvalue weighted by atomic mass is 32.2. The van der Waals surface area contributed by atoms with Gasteiger partial charge in [0.2, 0.25) is 5.91 Å². The van der Waals surface area contributed by atoms with Gasteiger partial charge in [0.1, 0.15) is 10.9 Å². The molecular formula is C21H25N3O2S. The lowest BCUT2D eigenvalue weighted by molar-refractivity contribution is -0.129. The smallest absolute Gasteiger partial charge is 0.233 e. The molecule has 1 amide bonds. The molecule has 0 bridgehead atoms. The molecule has 1 aromatic heterocycles. The van der Waals surface area contributed by atoms with Crippen molar-refractivity contribution in [1.82, 2.24) is 14.9 Å². The number of thioether (sulfide) groups is 1. The first-order valence-electron chi connectivity index (χ1n) is 9.21. The monoisotopic (exact) mass is 383 g/mol. The molecule has 1 atom stereocenters. The molecule has 1 aliphatic carbocycles. The van der Waals surface area contributed by atoms with Crippen LogP contribution in [0.25, 0.3) is 0 Å². The van der Waals surface area contributed by atoms with E-state index in [1.165, 1.54) is 29.8 Å². The summed E-state index contributed by atoms with van der Waals surface area (Å²) >= 11 is 1.32. The van der Waals surface area contributed by atoms with Crippen molar-refractivity contribution in [3.05, 3.63) is 52.5 Å². The van der Waals surface area contributed by atoms with Crippen LogP contribution in [0.5, 0.6) is 0 Å². The molecule has 0 saturated heterocycles. The van der Waals surface area contributed by atoms with Crippen molar-refractivity contribution in [2.75, 3.05) is 12.8 Å². The van der Waals surface area contributed by atoms with Crippen LogP contribution in [-0.4, -0.2) is 39.4 Å². The number of fused-ring (bicyclic) bond motifs is 1. The number of hydrogen-bond donors (Lipinski definition) is 0. The van der Waals surface area contributed by atoms with Crippen LogP contribution in [0, 0.1) is 13.8 Å². The Morgan fingerprint density at radius 1 is 1.22 bits per heavy atom. The Kier molecular flexibility index (Phi) is 5.95. The molecule has 0 saturated carbocycles. The molecule has 5 nitrogen and oxygen atoms in total. The Morgan fingerprint density at radius 2 is 1.96 bits per heavy atom. The van der Waals surface area contributed by atoms with E-state index in [4.69, 9.17) is 0 Å². The molecular weight excluding hydrogens is 358 g/mol. The van der Waals surface area contributed by atoms with Gasteiger partial charge in [0.05, 0.1) is 23.1 Å². The predicted molar refractivity (Wildman–Crippen MR) is 107 cm³/mol. The maximum absolute atomic E-state index is 12.9. The topological polar surface area (TPSA) is 63.2 Å². The standard InChI is InChI=1S/C21H25N3O2S/c1-13-20(14(2)25)21(23-15(3)22-13)27-12-19(26)24(4)18-11-7-9-16-8-5-6-10-17(16)18/h5-6,8,10,18H,7,9,11-12H2,1-4H3. The number of amides is 1. The van der Waals surface area contributed by atoms with E-state index in [9.17, 15) is 9.59 Å². The van der Waals surface area contributed by atoms with Gasteiger partial charge in [-0.05, 0) is 51.2 Å². The molecule has 0 aliphatic heterocycles. The molecule has 1 aliphatic rings. The van der Waals surface area contributed by atoms with Gasteiger partial charge in [-0.25, -0.2) is 9.97 Å². The molecule has 3 rings (SSSR count). The first-order valence-corrected chi connectivity index (χ1v) is 10.2. The first-order chi connectivity index (χ1) is 12.9. The van der Waals surface area contributed by atoms with Crippen molar-refractivity contribution in [3.63, 3.8) is 0 Å². The quantitative estimate of drug-likeness (QED) is 0.445. The van der Waals surface area contributed by atoms with Crippen LogP contribution in [0.2, 0.25) is 0 Å². The second kappa shape index (κ2) is 8.21. The molecule has 1 aromatic carbocycles. The Labute approximate surface area is 164 Å². The lowest BCUT2D eigenvalue weighted by atomic mass is 9.87. The molecule has 6 heteroatoms. The van der Waals surface area contributed by atoms with Crippen LogP contribution in [-0.2, 0) is 11.2 Å². The van der Waals surface area contributed by atoms with E-state index >= 15 is 0 Å². The van der Waals surface area contributed by atoms with E-state index in [1.54, 1.807) is 6.92 Å². The van der Waals surface area contributed by atoms with E-state index in [-0.39, 0.29) is 23.5 Å². The molecule has 1 unspecified atom stereocenters. The molecule has 0 fully saturated rings. The third-order valence-electron chi connectivity index (χ3n) is 5.05. The van der Waals surface area contributed by atoms with Crippen LogP contribution in [0.4, 0.5) is 0 Å². The number of carbonyl (C=O) groups is 2. The molecule has 0 spiro atoms. The lowest BCUT2D eigenvalue weighted by Crippen LogP contribution is -2.34. The SMILES string of the molecule is CC(=O)c1c(C)nc(C)nc1SCC(=O)N(C)C1CCCc2ccccc21. The molecule has 2 aromatic rings. The Balaban J connectivity index is 1.75. The average Bonchev–Trinajstić information content (AvgIpc) is 2.64. The van der Waals surface area contributed by atoms with Crippen LogP contribution in [0.1, 0.15) is 58.8 Å². The summed E-state index contributed by atoms with van der Waals surface area (Å²) in [5.41, 5.74) is 3.77. The Hall–Kier alpha value is -2.21. The normalized spacial score (nSPS) is 15.9. The number of aryl methyl sites for hydroxylation is 3. The highest BCUT2D eigenvalue weighted by Crippen LogP contribution is 2.34. The zero-order valence-corrected chi connectivity index (χ0v) is 17.1. The van der Waals surface area contributed by atoms with Gasteiger partial charge < -0.3 is 4.90 Å². The summed E-state index contributed by atoms with van der Waals surface area (Å²) < 4.78 is 0. The molecule has 27 heavy (non-hydrogen) atoms. The van der Waals surface area contributed by atoms with Gasteiger partial charge in [0.25, 0.3) is 0 Å². The van der Waals surface area contributed by atoms with Gasteiger partial charge in [0.15, 0.2) is 5.78 Å². The minimum atomic E-state index is -0.0722. The van der Waals surface area contributed by atoms with Gasteiger partial charge in [0, 0.05) is 7.05 Å². The summed E-state index contributed by atoms with van der Waals surface area (Å²) in [6.45, 7) is 5.12. The van der Waals surface area contributed by atoms with Crippen LogP contribution >= 0.6 is 11.8 Å². The van der Waals surface area contributed by atoms with Crippen molar-refractivity contribution in [3.8, 4) is 0 Å². The maximum atomic E-state index is 12.9. The zero-order chi connectivity index (χ0) is 19.6. The Bertz CT molecular complexity index is 882. The van der Waals surface area contributed by atoms with Gasteiger partial charge in [-0.2, -0.15) is 0 Å². The predicted octanol–water partition coefficient (Wildman–Crippen LogP) is 3.92. The third kappa shape index (κ3) is 4.21. The number of rotatable bonds is 5. The van der Waals surface area contributed by atoms with Crippen LogP contribution in [0.3, 0.4) is 0 Å². The van der Waals surface area contributed by atoms with E-state index in [1.807, 2.05) is 24.9 Å². The van der Waals surface area contributed by atoms with E-state index in [2.05, 4.69) is 28.2 Å². The summed E-state index contributed by atoms with van der Waals surface area (Å²) in [6, 6.07) is 8.49. The third-order valence-corrected chi connectivity index (χ3v) is 6.01. The molecule has 0 radical (unpaired) electrons. The average molecular weight is 384 g/mol. The summed E-state index contributed by atoms with van der Waals surface area (Å²) in [6.07, 6.45) is 3.14. The number of nitrogens with zero attached hydrogens (tertiary/aromatic N) is 3. The fraction of sp³-hybridized carbons (Fsp3) is 0.429. The summed E-state index contributed by atoms with van der Waals surface area (Å²) in [7, 11) is 1.87. The second-order valence-electron chi connectivity index (χ2n) is 6.99. The molecule has 142 valence electrons. The van der Waals surface area contributed by atoms with Crippen molar-refractivity contribution in [2.45, 2.75) is 51.1 Å². The van der Waals surface area contributed by atoms with Gasteiger partial charge in [-0.3, -0.25) is 9.59 Å². The summed E-state index contributed by atoms with van der Waals surface area (Å²) in [5.74, 6) is 0.842. The number of benzene rings is 1. The van der Waals surface area contributed by atoms with E-state index in [0.29, 0.717) is 22.1 Å². The van der Waals surface area contributed by atoms with Crippen molar-refractivity contribution in [2.24, 2.45) is 0 Å². The minimum absolute atomic E-state index is 0.0464. The van der Waals surface area contributed by atoms with Crippen LogP contribution in [0.15, 0.2) is 29.3 Å². The summed E-state index contributed by atoms with van der Waals surface area (Å²) in [5, 5.41) is 0.596.